The van der Waals surface area contributed by atoms with E-state index in [9.17, 15) is 18.6 Å². The van der Waals surface area contributed by atoms with Gasteiger partial charge in [-0.15, -0.1) is 4.31 Å². The highest BCUT2D eigenvalue weighted by atomic mass is 32.2. The molecule has 0 spiro atoms. The summed E-state index contributed by atoms with van der Waals surface area (Å²) in [5.41, 5.74) is -6.19. The minimum atomic E-state index is -5.38. The highest BCUT2D eigenvalue weighted by Gasteiger charge is 2.55. The maximum Gasteiger partial charge on any atom is 0.341 e. The van der Waals surface area contributed by atoms with E-state index in [1.165, 1.54) is 0 Å². The normalized spacial score (nSPS) is 20.7. The number of hydrogen-bond donors (Lipinski definition) is 7. The van der Waals surface area contributed by atoms with E-state index in [0.29, 0.717) is 13.8 Å². The van der Waals surface area contributed by atoms with Crippen molar-refractivity contribution in [2.75, 3.05) is 0 Å². The van der Waals surface area contributed by atoms with Gasteiger partial charge in [0.25, 0.3) is 0 Å². The summed E-state index contributed by atoms with van der Waals surface area (Å²) in [4.78, 5) is 0. The molecule has 0 aromatic heterocycles. The van der Waals surface area contributed by atoms with Crippen LogP contribution in [0.25, 0.3) is 0 Å². The molecule has 0 aliphatic rings. The summed E-state index contributed by atoms with van der Waals surface area (Å²) < 4.78 is 30.0. The number of hydrogen-bond acceptors (Lipinski definition) is 8. The van der Waals surface area contributed by atoms with Crippen LogP contribution < -0.4 is 0 Å². The molecule has 11 heteroatoms. The predicted molar refractivity (Wildman–Crippen MR) is 51.1 cm³/mol. The Morgan fingerprint density at radius 2 is 1.18 bits per heavy atom. The summed E-state index contributed by atoms with van der Waals surface area (Å²) in [6.07, 6.45) is -5.45. The average Bonchev–Trinajstić information content (AvgIpc) is 1.98. The lowest BCUT2D eigenvalue weighted by Crippen LogP contribution is -2.68. The quantitative estimate of drug-likeness (QED) is 0.195. The maximum absolute atomic E-state index is 11.0. The molecule has 0 amide bonds. The van der Waals surface area contributed by atoms with E-state index in [4.69, 9.17) is 25.0 Å². The van der Waals surface area contributed by atoms with Crippen molar-refractivity contribution in [3.8, 4) is 0 Å². The van der Waals surface area contributed by atoms with E-state index in [1.54, 1.807) is 0 Å². The Labute approximate surface area is 96.9 Å². The largest absolute Gasteiger partial charge is 0.370 e. The van der Waals surface area contributed by atoms with Crippen LogP contribution in [0.4, 0.5) is 0 Å². The van der Waals surface area contributed by atoms with E-state index >= 15 is 0 Å². The molecule has 0 aromatic carbocycles. The molecule has 0 rings (SSSR count). The molecule has 0 saturated heterocycles. The third kappa shape index (κ3) is 3.31. The van der Waals surface area contributed by atoms with Crippen LogP contribution in [-0.4, -0.2) is 71.9 Å². The van der Waals surface area contributed by atoms with Gasteiger partial charge in [0.2, 0.25) is 0 Å². The molecule has 10 nitrogen and oxygen atoms in total. The molecule has 0 saturated carbocycles. The maximum atomic E-state index is 11.0. The zero-order chi connectivity index (χ0) is 14.2. The first-order chi connectivity index (χ1) is 7.25. The first-order valence-corrected chi connectivity index (χ1v) is 5.60. The van der Waals surface area contributed by atoms with Gasteiger partial charge in [-0.05, 0) is 13.8 Å². The van der Waals surface area contributed by atoms with E-state index < -0.39 is 38.6 Å². The average molecular weight is 277 g/mol. The van der Waals surface area contributed by atoms with Gasteiger partial charge in [-0.1, -0.05) is 0 Å². The van der Waals surface area contributed by atoms with Crippen molar-refractivity contribution in [2.45, 2.75) is 37.9 Å². The molecule has 0 aromatic rings. The SMILES string of the molecule is CC(O)(C(O)O)N(C(C)(O)C(O)O)S(=O)(=O)O. The Balaban J connectivity index is 5.81. The molecule has 0 fully saturated rings. The third-order valence-electron chi connectivity index (χ3n) is 2.03. The highest BCUT2D eigenvalue weighted by Crippen LogP contribution is 2.29. The Morgan fingerprint density at radius 3 is 1.29 bits per heavy atom. The van der Waals surface area contributed by atoms with E-state index in [1.807, 2.05) is 0 Å². The number of nitrogens with zero attached hydrogens (tertiary/aromatic N) is 1. The molecular weight excluding hydrogens is 262 g/mol. The minimum absolute atomic E-state index is 0.516. The number of aliphatic hydroxyl groups is 6. The highest BCUT2D eigenvalue weighted by molar-refractivity contribution is 7.83. The van der Waals surface area contributed by atoms with Crippen LogP contribution in [0.5, 0.6) is 0 Å². The molecule has 104 valence electrons. The lowest BCUT2D eigenvalue weighted by molar-refractivity contribution is -0.306. The summed E-state index contributed by atoms with van der Waals surface area (Å²) in [5.74, 6) is 0. The molecule has 17 heavy (non-hydrogen) atoms. The van der Waals surface area contributed by atoms with Gasteiger partial charge in [0.05, 0.1) is 0 Å². The van der Waals surface area contributed by atoms with Gasteiger partial charge >= 0.3 is 10.3 Å². The Morgan fingerprint density at radius 1 is 0.941 bits per heavy atom. The van der Waals surface area contributed by atoms with Gasteiger partial charge in [0, 0.05) is 0 Å². The summed E-state index contributed by atoms with van der Waals surface area (Å²) in [7, 11) is -5.38. The van der Waals surface area contributed by atoms with Crippen LogP contribution in [0.15, 0.2) is 0 Å². The first-order valence-electron chi connectivity index (χ1n) is 4.20. The zero-order valence-electron chi connectivity index (χ0n) is 8.96. The third-order valence-corrected chi connectivity index (χ3v) is 3.23. The molecular formula is C6H15NO9S. The summed E-state index contributed by atoms with van der Waals surface area (Å²) in [6, 6.07) is 0. The van der Waals surface area contributed by atoms with Crippen molar-refractivity contribution in [3.05, 3.63) is 0 Å². The number of rotatable bonds is 5. The molecule has 7 N–H and O–H groups in total. The van der Waals surface area contributed by atoms with Crippen molar-refractivity contribution >= 4 is 10.3 Å². The summed E-state index contributed by atoms with van der Waals surface area (Å²) >= 11 is 0. The molecule has 0 bridgehead atoms. The second-order valence-electron chi connectivity index (χ2n) is 3.68. The van der Waals surface area contributed by atoms with Crippen molar-refractivity contribution in [3.63, 3.8) is 0 Å². The lowest BCUT2D eigenvalue weighted by atomic mass is 10.1. The van der Waals surface area contributed by atoms with Crippen LogP contribution in [0.2, 0.25) is 0 Å². The molecule has 0 radical (unpaired) electrons. The fourth-order valence-electron chi connectivity index (χ4n) is 1.14. The van der Waals surface area contributed by atoms with Crippen LogP contribution in [0.1, 0.15) is 13.8 Å². The second kappa shape index (κ2) is 4.72. The van der Waals surface area contributed by atoms with Gasteiger partial charge in [-0.2, -0.15) is 8.42 Å². The summed E-state index contributed by atoms with van der Waals surface area (Å²) in [5, 5.41) is 54.0. The van der Waals surface area contributed by atoms with Gasteiger partial charge in [-0.3, -0.25) is 4.55 Å². The van der Waals surface area contributed by atoms with Gasteiger partial charge in [0.15, 0.2) is 24.0 Å². The van der Waals surface area contributed by atoms with Gasteiger partial charge < -0.3 is 30.6 Å². The monoisotopic (exact) mass is 277 g/mol. The molecule has 0 aliphatic heterocycles. The van der Waals surface area contributed by atoms with E-state index in [2.05, 4.69) is 0 Å². The van der Waals surface area contributed by atoms with Crippen molar-refractivity contribution < 1.29 is 43.6 Å². The lowest BCUT2D eigenvalue weighted by Gasteiger charge is -2.43. The smallest absolute Gasteiger partial charge is 0.341 e. The Hall–Kier alpha value is -0.370. The van der Waals surface area contributed by atoms with Crippen molar-refractivity contribution in [1.82, 2.24) is 4.31 Å². The van der Waals surface area contributed by atoms with E-state index in [-0.39, 0.29) is 0 Å². The fourth-order valence-corrected chi connectivity index (χ4v) is 2.26. The standard InChI is InChI=1S/C6H15NO9S/c1-5(12,3(8)9)7(17(14,15)16)6(2,13)4(10)11/h3-4,8-13H,1-2H3,(H,14,15,16). The molecule has 2 atom stereocenters. The Kier molecular flexibility index (Phi) is 4.61. The molecule has 2 unspecified atom stereocenters. The zero-order valence-corrected chi connectivity index (χ0v) is 9.77. The first kappa shape index (κ1) is 16.6. The van der Waals surface area contributed by atoms with Crippen LogP contribution >= 0.6 is 0 Å². The van der Waals surface area contributed by atoms with Gasteiger partial charge in [-0.25, -0.2) is 0 Å². The molecule has 0 heterocycles. The van der Waals surface area contributed by atoms with Crippen molar-refractivity contribution in [2.24, 2.45) is 0 Å². The van der Waals surface area contributed by atoms with Crippen LogP contribution in [-0.2, 0) is 10.3 Å². The predicted octanol–water partition coefficient (Wildman–Crippen LogP) is -3.87. The number of aliphatic hydroxyl groups excluding tert-OH is 2. The van der Waals surface area contributed by atoms with Crippen LogP contribution in [0, 0.1) is 0 Å². The minimum Gasteiger partial charge on any atom is -0.370 e. The second-order valence-corrected chi connectivity index (χ2v) is 4.94. The topological polar surface area (TPSA) is 179 Å². The van der Waals surface area contributed by atoms with Gasteiger partial charge in [0.1, 0.15) is 0 Å². The fraction of sp³-hybridized carbons (Fsp3) is 1.00. The van der Waals surface area contributed by atoms with Crippen molar-refractivity contribution in [1.29, 1.82) is 0 Å². The Bertz CT molecular complexity index is 340. The summed E-state index contributed by atoms with van der Waals surface area (Å²) in [6.45, 7) is 1.03. The van der Waals surface area contributed by atoms with E-state index in [0.717, 1.165) is 0 Å². The molecule has 0 aliphatic carbocycles. The van der Waals surface area contributed by atoms with Crippen LogP contribution in [0.3, 0.4) is 0 Å².